The number of hydrogen-bond donors (Lipinski definition) is 1. The molecule has 0 saturated carbocycles. The molecule has 0 spiro atoms. The van der Waals surface area contributed by atoms with E-state index in [1.807, 2.05) is 37.3 Å². The van der Waals surface area contributed by atoms with Crippen molar-refractivity contribution in [3.05, 3.63) is 59.9 Å². The number of nitrogens with zero attached hydrogens (tertiary/aromatic N) is 5. The Kier molecular flexibility index (Phi) is 4.26. The Bertz CT molecular complexity index is 890. The number of H-pyrrole nitrogens is 1. The molecular formula is C18H20N6O2. The fourth-order valence-corrected chi connectivity index (χ4v) is 3.39. The van der Waals surface area contributed by atoms with Gasteiger partial charge >= 0.3 is 0 Å². The molecule has 2 atom stereocenters. The van der Waals surface area contributed by atoms with Gasteiger partial charge in [-0.15, -0.1) is 5.10 Å². The number of para-hydroxylation sites is 1. The van der Waals surface area contributed by atoms with E-state index in [0.29, 0.717) is 24.4 Å². The third kappa shape index (κ3) is 2.78. The number of hydrogen-bond acceptors (Lipinski definition) is 5. The lowest BCUT2D eigenvalue weighted by molar-refractivity contribution is 0.0678. The highest BCUT2D eigenvalue weighted by Gasteiger charge is 2.39. The summed E-state index contributed by atoms with van der Waals surface area (Å²) in [5.41, 5.74) is 1.93. The molecule has 4 rings (SSSR count). The molecule has 1 aliphatic heterocycles. The highest BCUT2D eigenvalue weighted by atomic mass is 16.5. The van der Waals surface area contributed by atoms with Crippen LogP contribution in [0, 0.1) is 6.92 Å². The van der Waals surface area contributed by atoms with Crippen LogP contribution in [-0.2, 0) is 4.74 Å². The Balaban J connectivity index is 1.66. The van der Waals surface area contributed by atoms with Crippen LogP contribution in [0.15, 0.2) is 42.7 Å². The molecule has 1 saturated heterocycles. The van der Waals surface area contributed by atoms with Crippen LogP contribution < -0.4 is 0 Å². The molecule has 0 bridgehead atoms. The molecule has 26 heavy (non-hydrogen) atoms. The van der Waals surface area contributed by atoms with Gasteiger partial charge in [-0.2, -0.15) is 0 Å². The van der Waals surface area contributed by atoms with E-state index in [-0.39, 0.29) is 18.1 Å². The lowest BCUT2D eigenvalue weighted by atomic mass is 10.2. The van der Waals surface area contributed by atoms with Crippen LogP contribution in [0.25, 0.3) is 5.69 Å². The number of nitrogens with one attached hydrogen (secondary N) is 1. The van der Waals surface area contributed by atoms with Crippen molar-refractivity contribution in [3.8, 4) is 5.69 Å². The Labute approximate surface area is 150 Å². The predicted molar refractivity (Wildman–Crippen MR) is 93.9 cm³/mol. The first-order chi connectivity index (χ1) is 12.7. The third-order valence-corrected chi connectivity index (χ3v) is 4.79. The van der Waals surface area contributed by atoms with E-state index in [9.17, 15) is 4.79 Å². The van der Waals surface area contributed by atoms with Crippen molar-refractivity contribution in [1.29, 1.82) is 0 Å². The number of aromatic nitrogens is 5. The smallest absolute Gasteiger partial charge is 0.277 e. The molecule has 1 amide bonds. The minimum atomic E-state index is -0.163. The molecule has 2 aromatic heterocycles. The van der Waals surface area contributed by atoms with E-state index in [1.54, 1.807) is 29.1 Å². The number of methoxy groups -OCH3 is 1. The summed E-state index contributed by atoms with van der Waals surface area (Å²) in [7, 11) is 1.66. The van der Waals surface area contributed by atoms with Gasteiger partial charge in [0.2, 0.25) is 0 Å². The van der Waals surface area contributed by atoms with Crippen molar-refractivity contribution in [2.75, 3.05) is 13.7 Å². The molecule has 1 aliphatic rings. The van der Waals surface area contributed by atoms with Crippen LogP contribution in [0.1, 0.15) is 34.5 Å². The first-order valence-corrected chi connectivity index (χ1v) is 8.49. The zero-order valence-corrected chi connectivity index (χ0v) is 14.7. The summed E-state index contributed by atoms with van der Waals surface area (Å²) >= 11 is 0. The normalized spacial score (nSPS) is 19.8. The van der Waals surface area contributed by atoms with Crippen molar-refractivity contribution in [1.82, 2.24) is 29.9 Å². The van der Waals surface area contributed by atoms with Gasteiger partial charge in [0, 0.05) is 32.5 Å². The summed E-state index contributed by atoms with van der Waals surface area (Å²) in [5.74, 6) is 0.594. The van der Waals surface area contributed by atoms with Crippen molar-refractivity contribution in [2.45, 2.75) is 25.5 Å². The minimum absolute atomic E-state index is 0.0291. The van der Waals surface area contributed by atoms with E-state index in [0.717, 1.165) is 11.5 Å². The highest BCUT2D eigenvalue weighted by molar-refractivity contribution is 5.93. The van der Waals surface area contributed by atoms with Gasteiger partial charge in [-0.25, -0.2) is 9.67 Å². The molecule has 1 fully saturated rings. The van der Waals surface area contributed by atoms with Gasteiger partial charge < -0.3 is 14.6 Å². The molecule has 1 aromatic carbocycles. The van der Waals surface area contributed by atoms with Gasteiger partial charge in [0.15, 0.2) is 5.69 Å². The minimum Gasteiger partial charge on any atom is -0.380 e. The number of likely N-dealkylation sites (tertiary alicyclic amines) is 1. The lowest BCUT2D eigenvalue weighted by Crippen LogP contribution is -2.33. The summed E-state index contributed by atoms with van der Waals surface area (Å²) in [5, 5.41) is 8.32. The second kappa shape index (κ2) is 6.72. The summed E-state index contributed by atoms with van der Waals surface area (Å²) in [6.07, 6.45) is 4.12. The maximum atomic E-state index is 13.2. The van der Waals surface area contributed by atoms with E-state index in [4.69, 9.17) is 4.74 Å². The number of aromatic amines is 1. The summed E-state index contributed by atoms with van der Waals surface area (Å²) < 4.78 is 7.16. The quantitative estimate of drug-likeness (QED) is 0.775. The van der Waals surface area contributed by atoms with Gasteiger partial charge in [0.1, 0.15) is 5.82 Å². The van der Waals surface area contributed by atoms with Crippen molar-refractivity contribution in [3.63, 3.8) is 0 Å². The number of ether oxygens (including phenoxy) is 1. The number of imidazole rings is 1. The first kappa shape index (κ1) is 16.5. The van der Waals surface area contributed by atoms with Crippen LogP contribution >= 0.6 is 0 Å². The van der Waals surface area contributed by atoms with Crippen molar-refractivity contribution >= 4 is 5.91 Å². The van der Waals surface area contributed by atoms with Crippen LogP contribution in [0.3, 0.4) is 0 Å². The van der Waals surface area contributed by atoms with E-state index in [2.05, 4.69) is 20.3 Å². The fraction of sp³-hybridized carbons (Fsp3) is 0.333. The number of carbonyl (C=O) groups excluding carboxylic acids is 1. The number of carbonyl (C=O) groups is 1. The number of amides is 1. The molecule has 3 aromatic rings. The molecule has 8 nitrogen and oxygen atoms in total. The zero-order valence-electron chi connectivity index (χ0n) is 14.7. The molecule has 0 aliphatic carbocycles. The van der Waals surface area contributed by atoms with Crippen LogP contribution in [-0.4, -0.2) is 55.5 Å². The Hall–Kier alpha value is -3.00. The predicted octanol–water partition coefficient (Wildman–Crippen LogP) is 1.90. The van der Waals surface area contributed by atoms with Gasteiger partial charge in [0.05, 0.1) is 23.5 Å². The van der Waals surface area contributed by atoms with Crippen molar-refractivity contribution < 1.29 is 9.53 Å². The summed E-state index contributed by atoms with van der Waals surface area (Å²) in [4.78, 5) is 22.4. The van der Waals surface area contributed by atoms with E-state index in [1.165, 1.54) is 0 Å². The molecule has 3 heterocycles. The van der Waals surface area contributed by atoms with Gasteiger partial charge in [-0.3, -0.25) is 4.79 Å². The molecule has 134 valence electrons. The average molecular weight is 352 g/mol. The molecule has 8 heteroatoms. The Morgan fingerprint density at radius 2 is 2.12 bits per heavy atom. The maximum absolute atomic E-state index is 13.2. The van der Waals surface area contributed by atoms with Gasteiger partial charge in [0.25, 0.3) is 5.91 Å². The van der Waals surface area contributed by atoms with Crippen LogP contribution in [0.2, 0.25) is 0 Å². The van der Waals surface area contributed by atoms with Gasteiger partial charge in [-0.05, 0) is 19.1 Å². The molecule has 0 radical (unpaired) electrons. The van der Waals surface area contributed by atoms with E-state index >= 15 is 0 Å². The second-order valence-corrected chi connectivity index (χ2v) is 6.31. The van der Waals surface area contributed by atoms with Crippen molar-refractivity contribution in [2.24, 2.45) is 0 Å². The van der Waals surface area contributed by atoms with Crippen LogP contribution in [0.5, 0.6) is 0 Å². The van der Waals surface area contributed by atoms with E-state index < -0.39 is 0 Å². The average Bonchev–Trinajstić information content (AvgIpc) is 3.41. The largest absolute Gasteiger partial charge is 0.380 e. The topological polar surface area (TPSA) is 88.9 Å². The second-order valence-electron chi connectivity index (χ2n) is 6.31. The number of benzene rings is 1. The first-order valence-electron chi connectivity index (χ1n) is 8.49. The lowest BCUT2D eigenvalue weighted by Gasteiger charge is -2.22. The Morgan fingerprint density at radius 1 is 1.31 bits per heavy atom. The molecule has 1 unspecified atom stereocenters. The SMILES string of the molecule is CO[C@@H]1CC(c2ncc[nH]2)N(C(=O)c2nnn(-c3ccccc3)c2C)C1. The molecule has 1 N–H and O–H groups in total. The summed E-state index contributed by atoms with van der Waals surface area (Å²) in [6, 6.07) is 9.48. The fourth-order valence-electron chi connectivity index (χ4n) is 3.39. The van der Waals surface area contributed by atoms with Crippen LogP contribution in [0.4, 0.5) is 0 Å². The Morgan fingerprint density at radius 3 is 2.81 bits per heavy atom. The highest BCUT2D eigenvalue weighted by Crippen LogP contribution is 2.33. The standard InChI is InChI=1S/C18H20N6O2/c1-12-16(21-22-24(12)13-6-4-3-5-7-13)18(25)23-11-14(26-2)10-15(23)17-19-8-9-20-17/h3-9,14-15H,10-11H2,1-2H3,(H,19,20)/t14-,15?/m1/s1. The zero-order chi connectivity index (χ0) is 18.1. The third-order valence-electron chi connectivity index (χ3n) is 4.79. The molecular weight excluding hydrogens is 332 g/mol. The monoisotopic (exact) mass is 352 g/mol. The maximum Gasteiger partial charge on any atom is 0.277 e. The summed E-state index contributed by atoms with van der Waals surface area (Å²) in [6.45, 7) is 2.35. The van der Waals surface area contributed by atoms with Gasteiger partial charge in [-0.1, -0.05) is 23.4 Å². The number of rotatable bonds is 4.